The summed E-state index contributed by atoms with van der Waals surface area (Å²) in [6, 6.07) is 11.4. The molecule has 0 unspecified atom stereocenters. The molecule has 1 fully saturated rings. The van der Waals surface area contributed by atoms with E-state index in [0.717, 1.165) is 37.8 Å². The summed E-state index contributed by atoms with van der Waals surface area (Å²) in [6.07, 6.45) is 4.62. The fourth-order valence-electron chi connectivity index (χ4n) is 5.10. The first-order chi connectivity index (χ1) is 16.8. The van der Waals surface area contributed by atoms with Crippen LogP contribution in [0.4, 0.5) is 11.4 Å². The van der Waals surface area contributed by atoms with Crippen molar-refractivity contribution in [2.24, 2.45) is 23.7 Å². The number of carboxylic acid groups (broad SMARTS) is 1. The minimum Gasteiger partial charge on any atom is -0.481 e. The Kier molecular flexibility index (Phi) is 6.37. The molecule has 0 aliphatic heterocycles. The molecule has 3 N–H and O–H groups in total. The Bertz CT molecular complexity index is 1350. The molecule has 1 heterocycles. The largest absolute Gasteiger partial charge is 0.481 e. The van der Waals surface area contributed by atoms with Crippen LogP contribution >= 0.6 is 23.1 Å². The van der Waals surface area contributed by atoms with Gasteiger partial charge in [-0.1, -0.05) is 42.1 Å². The van der Waals surface area contributed by atoms with Crippen molar-refractivity contribution in [3.63, 3.8) is 0 Å². The molecule has 4 atom stereocenters. The van der Waals surface area contributed by atoms with E-state index in [9.17, 15) is 19.5 Å². The Hall–Kier alpha value is -3.17. The summed E-state index contributed by atoms with van der Waals surface area (Å²) < 4.78 is 1.66. The summed E-state index contributed by atoms with van der Waals surface area (Å²) >= 11 is 2.83. The third kappa shape index (κ3) is 4.70. The average molecular weight is 508 g/mol. The number of aryl methyl sites for hydroxylation is 2. The maximum atomic E-state index is 13.0. The van der Waals surface area contributed by atoms with Gasteiger partial charge >= 0.3 is 5.97 Å². The van der Waals surface area contributed by atoms with Crippen LogP contribution in [0.2, 0.25) is 0 Å². The molecule has 1 saturated carbocycles. The predicted molar refractivity (Wildman–Crippen MR) is 139 cm³/mol. The Balaban J connectivity index is 1.23. The van der Waals surface area contributed by atoms with Crippen LogP contribution in [0.1, 0.15) is 17.5 Å². The zero-order valence-corrected chi connectivity index (χ0v) is 20.9. The molecule has 35 heavy (non-hydrogen) atoms. The number of benzene rings is 2. The number of hydrogen-bond acceptors (Lipinski definition) is 6. The van der Waals surface area contributed by atoms with Gasteiger partial charge in [-0.25, -0.2) is 4.98 Å². The van der Waals surface area contributed by atoms with Gasteiger partial charge in [0.2, 0.25) is 11.8 Å². The third-order valence-corrected chi connectivity index (χ3v) is 8.92. The van der Waals surface area contributed by atoms with Crippen LogP contribution in [-0.4, -0.2) is 33.6 Å². The highest BCUT2D eigenvalue weighted by atomic mass is 32.2. The monoisotopic (exact) mass is 507 g/mol. The predicted octanol–water partition coefficient (Wildman–Crippen LogP) is 5.11. The van der Waals surface area contributed by atoms with Gasteiger partial charge in [0.25, 0.3) is 0 Å². The summed E-state index contributed by atoms with van der Waals surface area (Å²) in [5.41, 5.74) is 4.30. The number of nitrogens with zero attached hydrogens (tertiary/aromatic N) is 1. The van der Waals surface area contributed by atoms with Gasteiger partial charge in [0.15, 0.2) is 4.34 Å². The lowest BCUT2D eigenvalue weighted by Crippen LogP contribution is -2.36. The van der Waals surface area contributed by atoms with Gasteiger partial charge in [0, 0.05) is 11.4 Å². The van der Waals surface area contributed by atoms with E-state index in [1.54, 1.807) is 6.07 Å². The molecule has 0 saturated heterocycles. The van der Waals surface area contributed by atoms with Gasteiger partial charge in [-0.05, 0) is 61.4 Å². The number of thioether (sulfide) groups is 1. The van der Waals surface area contributed by atoms with Crippen LogP contribution < -0.4 is 10.6 Å². The maximum absolute atomic E-state index is 13.0. The lowest BCUT2D eigenvalue weighted by molar-refractivity contribution is -0.146. The van der Waals surface area contributed by atoms with Crippen molar-refractivity contribution >= 4 is 62.5 Å². The molecule has 1 aromatic heterocycles. The Morgan fingerprint density at radius 3 is 2.49 bits per heavy atom. The highest BCUT2D eigenvalue weighted by Crippen LogP contribution is 2.48. The minimum atomic E-state index is -0.914. The molecule has 2 aliphatic carbocycles. The van der Waals surface area contributed by atoms with Crippen LogP contribution in [-0.2, 0) is 14.4 Å². The maximum Gasteiger partial charge on any atom is 0.307 e. The molecule has 5 rings (SSSR count). The summed E-state index contributed by atoms with van der Waals surface area (Å²) in [5, 5.41) is 15.5. The number of nitrogens with one attached hydrogen (secondary N) is 2. The van der Waals surface area contributed by atoms with E-state index in [1.807, 2.05) is 56.3 Å². The molecule has 0 radical (unpaired) electrons. The number of rotatable bonds is 7. The standard InChI is InChI=1S/C26H25N3O4S2/c1-13-4-3-5-14(2)23(13)29-20(30)12-34-26-28-18-9-8-17(11-19(18)35-26)27-24(31)21-15-6-7-16(10-15)22(21)25(32)33/h3-9,11,15-16,21-22H,10,12H2,1-2H3,(H,27,31)(H,29,30)(H,32,33)/t15-,16-,21-,22-/m0/s1. The highest BCUT2D eigenvalue weighted by Gasteiger charge is 2.51. The molecule has 2 aromatic carbocycles. The smallest absolute Gasteiger partial charge is 0.307 e. The number of aromatic nitrogens is 1. The molecule has 0 spiro atoms. The zero-order valence-electron chi connectivity index (χ0n) is 19.3. The molecule has 7 nitrogen and oxygen atoms in total. The van der Waals surface area contributed by atoms with Crippen molar-refractivity contribution in [2.45, 2.75) is 24.6 Å². The first kappa shape index (κ1) is 23.6. The van der Waals surface area contributed by atoms with Crippen LogP contribution in [0.25, 0.3) is 10.2 Å². The van der Waals surface area contributed by atoms with Crippen LogP contribution in [0.5, 0.6) is 0 Å². The van der Waals surface area contributed by atoms with Crippen molar-refractivity contribution in [2.75, 3.05) is 16.4 Å². The number of carbonyl (C=O) groups is 3. The molecule has 9 heteroatoms. The van der Waals surface area contributed by atoms with E-state index < -0.39 is 17.8 Å². The molecule has 2 bridgehead atoms. The first-order valence-corrected chi connectivity index (χ1v) is 13.2. The summed E-state index contributed by atoms with van der Waals surface area (Å²) in [6.45, 7) is 3.94. The lowest BCUT2D eigenvalue weighted by Gasteiger charge is -2.23. The van der Waals surface area contributed by atoms with E-state index in [4.69, 9.17) is 0 Å². The Labute approximate surface area is 211 Å². The molecular formula is C26H25N3O4S2. The number of para-hydroxylation sites is 1. The van der Waals surface area contributed by atoms with Crippen molar-refractivity contribution in [3.05, 3.63) is 59.7 Å². The molecule has 180 valence electrons. The van der Waals surface area contributed by atoms with E-state index in [0.29, 0.717) is 5.69 Å². The number of carboxylic acids is 1. The fourth-order valence-corrected chi connectivity index (χ4v) is 7.01. The second-order valence-electron chi connectivity index (χ2n) is 9.09. The second-order valence-corrected chi connectivity index (χ2v) is 11.3. The number of hydrogen-bond donors (Lipinski definition) is 3. The van der Waals surface area contributed by atoms with Crippen molar-refractivity contribution in [1.82, 2.24) is 4.98 Å². The second kappa shape index (κ2) is 9.47. The van der Waals surface area contributed by atoms with Gasteiger partial charge < -0.3 is 15.7 Å². The molecular weight excluding hydrogens is 482 g/mol. The highest BCUT2D eigenvalue weighted by molar-refractivity contribution is 8.01. The number of thiazole rings is 1. The lowest BCUT2D eigenvalue weighted by atomic mass is 9.82. The normalized spacial score (nSPS) is 22.5. The Morgan fingerprint density at radius 1 is 1.06 bits per heavy atom. The SMILES string of the molecule is Cc1cccc(C)c1NC(=O)CSc1nc2ccc(NC(=O)[C@@H]3[C@@H](C(=O)O)[C@H]4C=C[C@H]3C4)cc2s1. The van der Waals surface area contributed by atoms with Gasteiger partial charge in [-0.2, -0.15) is 0 Å². The number of fused-ring (bicyclic) bond motifs is 3. The van der Waals surface area contributed by atoms with Crippen LogP contribution in [0, 0.1) is 37.5 Å². The van der Waals surface area contributed by atoms with E-state index in [1.165, 1.54) is 23.1 Å². The molecule has 3 aromatic rings. The van der Waals surface area contributed by atoms with Crippen molar-refractivity contribution in [1.29, 1.82) is 0 Å². The van der Waals surface area contributed by atoms with Gasteiger partial charge in [-0.15, -0.1) is 11.3 Å². The van der Waals surface area contributed by atoms with Crippen LogP contribution in [0.3, 0.4) is 0 Å². The van der Waals surface area contributed by atoms with E-state index in [-0.39, 0.29) is 29.4 Å². The fraction of sp³-hybridized carbons (Fsp3) is 0.308. The first-order valence-electron chi connectivity index (χ1n) is 11.4. The number of allylic oxidation sites excluding steroid dienone is 2. The molecule has 2 amide bonds. The summed E-state index contributed by atoms with van der Waals surface area (Å²) in [7, 11) is 0. The van der Waals surface area contributed by atoms with E-state index >= 15 is 0 Å². The number of carbonyl (C=O) groups excluding carboxylic acids is 2. The van der Waals surface area contributed by atoms with Crippen LogP contribution in [0.15, 0.2) is 52.9 Å². The van der Waals surface area contributed by atoms with Crippen molar-refractivity contribution < 1.29 is 19.5 Å². The topological polar surface area (TPSA) is 108 Å². The van der Waals surface area contributed by atoms with Gasteiger partial charge in [-0.3, -0.25) is 14.4 Å². The average Bonchev–Trinajstić information content (AvgIpc) is 3.54. The third-order valence-electron chi connectivity index (χ3n) is 6.76. The van der Waals surface area contributed by atoms with Crippen molar-refractivity contribution in [3.8, 4) is 0 Å². The molecule has 2 aliphatic rings. The minimum absolute atomic E-state index is 0.0224. The summed E-state index contributed by atoms with van der Waals surface area (Å²) in [5.74, 6) is -2.33. The summed E-state index contributed by atoms with van der Waals surface area (Å²) in [4.78, 5) is 41.8. The quantitative estimate of drug-likeness (QED) is 0.303. The number of amides is 2. The van der Waals surface area contributed by atoms with Gasteiger partial charge in [0.1, 0.15) is 0 Å². The van der Waals surface area contributed by atoms with E-state index in [2.05, 4.69) is 15.6 Å². The zero-order chi connectivity index (χ0) is 24.7. The van der Waals surface area contributed by atoms with Gasteiger partial charge in [0.05, 0.1) is 27.8 Å². The Morgan fingerprint density at radius 2 is 1.77 bits per heavy atom. The number of aliphatic carboxylic acids is 1. The number of anilines is 2.